The van der Waals surface area contributed by atoms with Crippen LogP contribution in [0.4, 0.5) is 13.2 Å². The highest BCUT2D eigenvalue weighted by Gasteiger charge is 2.30. The number of benzene rings is 1. The Morgan fingerprint density at radius 1 is 1.20 bits per heavy atom. The molecule has 0 atom stereocenters. The zero-order valence-electron chi connectivity index (χ0n) is 13.9. The third kappa shape index (κ3) is 4.74. The summed E-state index contributed by atoms with van der Waals surface area (Å²) >= 11 is 0. The van der Waals surface area contributed by atoms with E-state index in [0.717, 1.165) is 61.4 Å². The topological polar surface area (TPSA) is 44.0 Å². The zero-order chi connectivity index (χ0) is 17.2. The average molecular weight is 375 g/mol. The molecular formula is C17H22ClF3N4. The van der Waals surface area contributed by atoms with E-state index in [1.807, 2.05) is 7.05 Å². The molecule has 1 saturated heterocycles. The molecule has 1 aromatic heterocycles. The molecule has 4 nitrogen and oxygen atoms in total. The number of hydrogen-bond donors (Lipinski definition) is 2. The molecule has 0 spiro atoms. The minimum atomic E-state index is -4.31. The number of H-pyrrole nitrogens is 1. The molecule has 1 fully saturated rings. The Morgan fingerprint density at radius 3 is 2.40 bits per heavy atom. The molecule has 1 aromatic carbocycles. The number of nitrogens with zero attached hydrogens (tertiary/aromatic N) is 2. The molecule has 1 aliphatic rings. The van der Waals surface area contributed by atoms with Crippen LogP contribution in [0.15, 0.2) is 30.5 Å². The number of hydrogen-bond acceptors (Lipinski definition) is 3. The van der Waals surface area contributed by atoms with Gasteiger partial charge in [0.2, 0.25) is 0 Å². The molecule has 2 aromatic rings. The molecule has 8 heteroatoms. The summed E-state index contributed by atoms with van der Waals surface area (Å²) in [7, 11) is 1.99. The number of nitrogens with one attached hydrogen (secondary N) is 2. The lowest BCUT2D eigenvalue weighted by Crippen LogP contribution is -2.40. The van der Waals surface area contributed by atoms with E-state index < -0.39 is 11.7 Å². The number of halogens is 4. The number of piperidine rings is 1. The van der Waals surface area contributed by atoms with E-state index in [2.05, 4.69) is 20.4 Å². The number of alkyl halides is 3. The van der Waals surface area contributed by atoms with Gasteiger partial charge in [0.05, 0.1) is 17.5 Å². The van der Waals surface area contributed by atoms with Crippen molar-refractivity contribution in [3.05, 3.63) is 41.6 Å². The molecule has 3 rings (SSSR count). The first-order valence-corrected chi connectivity index (χ1v) is 8.07. The van der Waals surface area contributed by atoms with Crippen molar-refractivity contribution in [2.45, 2.75) is 31.6 Å². The van der Waals surface area contributed by atoms with Crippen LogP contribution in [0.3, 0.4) is 0 Å². The summed E-state index contributed by atoms with van der Waals surface area (Å²) in [6, 6.07) is 5.77. The predicted octanol–water partition coefficient (Wildman–Crippen LogP) is 3.70. The molecule has 1 aliphatic heterocycles. The van der Waals surface area contributed by atoms with Gasteiger partial charge in [-0.05, 0) is 50.7 Å². The minimum Gasteiger partial charge on any atom is -0.317 e. The second kappa shape index (κ2) is 8.21. The van der Waals surface area contributed by atoms with E-state index in [0.29, 0.717) is 6.04 Å². The second-order valence-corrected chi connectivity index (χ2v) is 6.18. The number of likely N-dealkylation sites (tertiary alicyclic amines) is 1. The van der Waals surface area contributed by atoms with Crippen molar-refractivity contribution >= 4 is 12.4 Å². The lowest BCUT2D eigenvalue weighted by molar-refractivity contribution is -0.137. The van der Waals surface area contributed by atoms with Crippen molar-refractivity contribution in [2.75, 3.05) is 20.1 Å². The highest BCUT2D eigenvalue weighted by Crippen LogP contribution is 2.31. The van der Waals surface area contributed by atoms with E-state index in [-0.39, 0.29) is 12.4 Å². The van der Waals surface area contributed by atoms with Gasteiger partial charge in [0.15, 0.2) is 0 Å². The molecule has 0 saturated carbocycles. The first-order chi connectivity index (χ1) is 11.5. The van der Waals surface area contributed by atoms with Crippen LogP contribution >= 0.6 is 12.4 Å². The first-order valence-electron chi connectivity index (χ1n) is 8.07. The molecule has 25 heavy (non-hydrogen) atoms. The molecule has 0 radical (unpaired) electrons. The van der Waals surface area contributed by atoms with Crippen LogP contribution in [0.2, 0.25) is 0 Å². The highest BCUT2D eigenvalue weighted by atomic mass is 35.5. The van der Waals surface area contributed by atoms with E-state index in [1.54, 1.807) is 6.20 Å². The quantitative estimate of drug-likeness (QED) is 0.857. The third-order valence-electron chi connectivity index (χ3n) is 4.61. The Hall–Kier alpha value is -1.57. The Labute approximate surface area is 151 Å². The smallest absolute Gasteiger partial charge is 0.317 e. The standard InChI is InChI=1S/C17H21F3N4.ClH/c1-21-15-6-8-24(9-7-15)11-13-10-22-23-16(13)12-2-4-14(5-3-12)17(18,19)20;/h2-5,10,15,21H,6-9,11H2,1H3,(H,22,23);1H. The van der Waals surface area contributed by atoms with Gasteiger partial charge < -0.3 is 5.32 Å². The minimum absolute atomic E-state index is 0. The first kappa shape index (κ1) is 19.8. The van der Waals surface area contributed by atoms with Crippen LogP contribution in [-0.4, -0.2) is 41.3 Å². The Bertz CT molecular complexity index is 661. The van der Waals surface area contributed by atoms with Gasteiger partial charge in [0.25, 0.3) is 0 Å². The lowest BCUT2D eigenvalue weighted by atomic mass is 10.0. The fourth-order valence-electron chi connectivity index (χ4n) is 3.13. The van der Waals surface area contributed by atoms with Crippen molar-refractivity contribution in [2.24, 2.45) is 0 Å². The van der Waals surface area contributed by atoms with Crippen LogP contribution in [0, 0.1) is 0 Å². The summed E-state index contributed by atoms with van der Waals surface area (Å²) in [5, 5.41) is 10.3. The van der Waals surface area contributed by atoms with Crippen molar-refractivity contribution in [1.82, 2.24) is 20.4 Å². The monoisotopic (exact) mass is 374 g/mol. The predicted molar refractivity (Wildman–Crippen MR) is 93.6 cm³/mol. The number of aromatic nitrogens is 2. The van der Waals surface area contributed by atoms with E-state index in [9.17, 15) is 13.2 Å². The van der Waals surface area contributed by atoms with Crippen molar-refractivity contribution in [3.8, 4) is 11.3 Å². The third-order valence-corrected chi connectivity index (χ3v) is 4.61. The van der Waals surface area contributed by atoms with Crippen molar-refractivity contribution in [1.29, 1.82) is 0 Å². The van der Waals surface area contributed by atoms with E-state index >= 15 is 0 Å². The van der Waals surface area contributed by atoms with Gasteiger partial charge in [-0.2, -0.15) is 18.3 Å². The van der Waals surface area contributed by atoms with Crippen LogP contribution in [0.5, 0.6) is 0 Å². The normalized spacial score (nSPS) is 16.6. The van der Waals surface area contributed by atoms with Crippen LogP contribution in [0.1, 0.15) is 24.0 Å². The van der Waals surface area contributed by atoms with E-state index in [4.69, 9.17) is 0 Å². The van der Waals surface area contributed by atoms with E-state index in [1.165, 1.54) is 12.1 Å². The SMILES string of the molecule is CNC1CCN(Cc2cn[nH]c2-c2ccc(C(F)(F)F)cc2)CC1.Cl. The summed E-state index contributed by atoms with van der Waals surface area (Å²) in [4.78, 5) is 2.35. The Balaban J connectivity index is 0.00000225. The lowest BCUT2D eigenvalue weighted by Gasteiger charge is -2.31. The van der Waals surface area contributed by atoms with Crippen LogP contribution in [0.25, 0.3) is 11.3 Å². The summed E-state index contributed by atoms with van der Waals surface area (Å²) in [5.41, 5.74) is 1.89. The average Bonchev–Trinajstić information content (AvgIpc) is 3.03. The van der Waals surface area contributed by atoms with Crippen molar-refractivity contribution < 1.29 is 13.2 Å². The van der Waals surface area contributed by atoms with Gasteiger partial charge in [0.1, 0.15) is 0 Å². The maximum absolute atomic E-state index is 12.7. The molecule has 2 N–H and O–H groups in total. The molecule has 0 unspecified atom stereocenters. The summed E-state index contributed by atoms with van der Waals surface area (Å²) in [6.07, 6.45) is -0.349. The highest BCUT2D eigenvalue weighted by molar-refractivity contribution is 5.85. The molecule has 0 bridgehead atoms. The maximum atomic E-state index is 12.7. The Morgan fingerprint density at radius 2 is 1.84 bits per heavy atom. The summed E-state index contributed by atoms with van der Waals surface area (Å²) in [6.45, 7) is 2.76. The zero-order valence-corrected chi connectivity index (χ0v) is 14.8. The van der Waals surface area contributed by atoms with Crippen LogP contribution in [-0.2, 0) is 12.7 Å². The summed E-state index contributed by atoms with van der Waals surface area (Å²) in [5.74, 6) is 0. The maximum Gasteiger partial charge on any atom is 0.416 e. The summed E-state index contributed by atoms with van der Waals surface area (Å²) < 4.78 is 38.0. The fourth-order valence-corrected chi connectivity index (χ4v) is 3.13. The van der Waals surface area contributed by atoms with Gasteiger partial charge in [-0.3, -0.25) is 10.00 Å². The Kier molecular flexibility index (Phi) is 6.48. The van der Waals surface area contributed by atoms with Gasteiger partial charge in [0, 0.05) is 18.2 Å². The molecule has 138 valence electrons. The van der Waals surface area contributed by atoms with Gasteiger partial charge >= 0.3 is 6.18 Å². The second-order valence-electron chi connectivity index (χ2n) is 6.18. The number of aromatic amines is 1. The van der Waals surface area contributed by atoms with Crippen LogP contribution < -0.4 is 5.32 Å². The largest absolute Gasteiger partial charge is 0.416 e. The fraction of sp³-hybridized carbons (Fsp3) is 0.471. The van der Waals surface area contributed by atoms with Crippen molar-refractivity contribution in [3.63, 3.8) is 0 Å². The van der Waals surface area contributed by atoms with Gasteiger partial charge in [-0.25, -0.2) is 0 Å². The number of rotatable bonds is 4. The molecule has 2 heterocycles. The molecule has 0 aliphatic carbocycles. The molecular weight excluding hydrogens is 353 g/mol. The van der Waals surface area contributed by atoms with Gasteiger partial charge in [-0.15, -0.1) is 12.4 Å². The van der Waals surface area contributed by atoms with Gasteiger partial charge in [-0.1, -0.05) is 12.1 Å². The molecule has 0 amide bonds.